The van der Waals surface area contributed by atoms with Crippen LogP contribution in [0.3, 0.4) is 0 Å². The van der Waals surface area contributed by atoms with Crippen LogP contribution in [0.5, 0.6) is 0 Å². The summed E-state index contributed by atoms with van der Waals surface area (Å²) in [5.74, 6) is 0. The quantitative estimate of drug-likeness (QED) is 0.180. The first-order valence-corrected chi connectivity index (χ1v) is 19.6. The fraction of sp³-hybridized carbons (Fsp3) is 0. The molecule has 4 aromatic heterocycles. The second-order valence-electron chi connectivity index (χ2n) is 15.3. The first-order valence-electron chi connectivity index (χ1n) is 19.6. The SMILES string of the molecule is c1ccc(-n2c3ccccc3c3cc(-c4ccc5oc6c(ccc7c8cc(-c9cccc(-c%10ccc%11oc%12ccccc%12c%11c%10)c9)ccc8oc76)c5c4)ccc32)cc1. The first-order chi connectivity index (χ1) is 28.7. The Morgan fingerprint density at radius 2 is 0.724 bits per heavy atom. The van der Waals surface area contributed by atoms with Crippen LogP contribution in [0.1, 0.15) is 0 Å². The highest BCUT2D eigenvalue weighted by molar-refractivity contribution is 6.20. The summed E-state index contributed by atoms with van der Waals surface area (Å²) < 4.78 is 21.6. The third-order valence-corrected chi connectivity index (χ3v) is 12.0. The van der Waals surface area contributed by atoms with Gasteiger partial charge in [0.05, 0.1) is 11.0 Å². The highest BCUT2D eigenvalue weighted by Gasteiger charge is 2.19. The summed E-state index contributed by atoms with van der Waals surface area (Å²) in [6.45, 7) is 0. The van der Waals surface area contributed by atoms with Crippen molar-refractivity contribution in [3.8, 4) is 39.1 Å². The zero-order valence-corrected chi connectivity index (χ0v) is 31.1. The normalized spacial score (nSPS) is 12.1. The summed E-state index contributed by atoms with van der Waals surface area (Å²) in [6.07, 6.45) is 0. The highest BCUT2D eigenvalue weighted by atomic mass is 16.4. The van der Waals surface area contributed by atoms with E-state index in [0.29, 0.717) is 0 Å². The molecule has 0 spiro atoms. The Kier molecular flexibility index (Phi) is 6.41. The number of hydrogen-bond acceptors (Lipinski definition) is 3. The van der Waals surface area contributed by atoms with Crippen molar-refractivity contribution >= 4 is 87.6 Å². The van der Waals surface area contributed by atoms with Gasteiger partial charge in [0.15, 0.2) is 11.2 Å². The van der Waals surface area contributed by atoms with Crippen LogP contribution in [-0.4, -0.2) is 4.57 Å². The molecule has 270 valence electrons. The van der Waals surface area contributed by atoms with Crippen LogP contribution >= 0.6 is 0 Å². The van der Waals surface area contributed by atoms with Gasteiger partial charge < -0.3 is 17.8 Å². The number of benzene rings is 9. The molecule has 0 fully saturated rings. The molecule has 0 aliphatic rings. The molecule has 4 nitrogen and oxygen atoms in total. The van der Waals surface area contributed by atoms with E-state index >= 15 is 0 Å². The van der Waals surface area contributed by atoms with Crippen LogP contribution in [0.25, 0.3) is 127 Å². The summed E-state index contributed by atoms with van der Waals surface area (Å²) in [7, 11) is 0. The van der Waals surface area contributed by atoms with Crippen LogP contribution in [0, 0.1) is 0 Å². The number of para-hydroxylation sites is 3. The molecule has 0 saturated carbocycles. The molecule has 0 amide bonds. The van der Waals surface area contributed by atoms with Gasteiger partial charge in [-0.05, 0) is 124 Å². The Morgan fingerprint density at radius 1 is 0.259 bits per heavy atom. The maximum atomic E-state index is 6.59. The molecular formula is C54H31NO3. The van der Waals surface area contributed by atoms with Gasteiger partial charge >= 0.3 is 0 Å². The lowest BCUT2D eigenvalue weighted by atomic mass is 9.97. The molecular weight excluding hydrogens is 711 g/mol. The van der Waals surface area contributed by atoms with Gasteiger partial charge in [0, 0.05) is 48.8 Å². The molecule has 0 N–H and O–H groups in total. The highest BCUT2D eigenvalue weighted by Crippen LogP contribution is 2.42. The second-order valence-corrected chi connectivity index (χ2v) is 15.3. The van der Waals surface area contributed by atoms with Crippen molar-refractivity contribution in [1.29, 1.82) is 0 Å². The summed E-state index contributed by atoms with van der Waals surface area (Å²) >= 11 is 0. The van der Waals surface area contributed by atoms with Crippen LogP contribution in [-0.2, 0) is 0 Å². The average molecular weight is 742 g/mol. The molecule has 9 aromatic carbocycles. The summed E-state index contributed by atoms with van der Waals surface area (Å²) in [4.78, 5) is 0. The maximum absolute atomic E-state index is 6.59. The molecule has 0 unspecified atom stereocenters. The minimum atomic E-state index is 0.770. The van der Waals surface area contributed by atoms with Crippen molar-refractivity contribution in [2.24, 2.45) is 0 Å². The fourth-order valence-electron chi connectivity index (χ4n) is 9.22. The first kappa shape index (κ1) is 31.4. The number of fused-ring (bicyclic) bond motifs is 13. The Bertz CT molecular complexity index is 3800. The minimum absolute atomic E-state index is 0.770. The Balaban J connectivity index is 0.890. The molecule has 13 aromatic rings. The Labute approximate surface area is 331 Å². The van der Waals surface area contributed by atoms with Crippen molar-refractivity contribution < 1.29 is 13.3 Å². The van der Waals surface area contributed by atoms with Crippen LogP contribution < -0.4 is 0 Å². The molecule has 13 rings (SSSR count). The Morgan fingerprint density at radius 3 is 1.38 bits per heavy atom. The molecule has 0 aliphatic heterocycles. The molecule has 0 atom stereocenters. The van der Waals surface area contributed by atoms with E-state index in [1.165, 1.54) is 21.8 Å². The largest absolute Gasteiger partial charge is 0.456 e. The number of aromatic nitrogens is 1. The van der Waals surface area contributed by atoms with E-state index in [1.54, 1.807) is 0 Å². The van der Waals surface area contributed by atoms with Gasteiger partial charge in [-0.15, -0.1) is 0 Å². The van der Waals surface area contributed by atoms with Crippen LogP contribution in [0.2, 0.25) is 0 Å². The van der Waals surface area contributed by atoms with E-state index in [0.717, 1.165) is 105 Å². The predicted octanol–water partition coefficient (Wildman–Crippen LogP) is 15.5. The Hall–Kier alpha value is -7.82. The lowest BCUT2D eigenvalue weighted by Gasteiger charge is -2.08. The molecule has 0 aliphatic carbocycles. The van der Waals surface area contributed by atoms with Crippen molar-refractivity contribution in [3.05, 3.63) is 188 Å². The summed E-state index contributed by atoms with van der Waals surface area (Å²) in [6, 6.07) is 66.8. The van der Waals surface area contributed by atoms with E-state index in [1.807, 2.05) is 12.1 Å². The number of furan rings is 3. The van der Waals surface area contributed by atoms with Gasteiger partial charge in [-0.3, -0.25) is 0 Å². The number of hydrogen-bond donors (Lipinski definition) is 0. The summed E-state index contributed by atoms with van der Waals surface area (Å²) in [5.41, 5.74) is 15.5. The maximum Gasteiger partial charge on any atom is 0.178 e. The molecule has 0 bridgehead atoms. The van der Waals surface area contributed by atoms with E-state index in [-0.39, 0.29) is 0 Å². The lowest BCUT2D eigenvalue weighted by molar-refractivity contribution is 0.633. The second kappa shape index (κ2) is 11.8. The van der Waals surface area contributed by atoms with Gasteiger partial charge in [-0.2, -0.15) is 0 Å². The molecule has 4 heteroatoms. The van der Waals surface area contributed by atoms with E-state index < -0.39 is 0 Å². The topological polar surface area (TPSA) is 44.4 Å². The molecule has 58 heavy (non-hydrogen) atoms. The average Bonchev–Trinajstić information content (AvgIpc) is 4.05. The fourth-order valence-corrected chi connectivity index (χ4v) is 9.22. The van der Waals surface area contributed by atoms with Crippen LogP contribution in [0.15, 0.2) is 201 Å². The van der Waals surface area contributed by atoms with Crippen molar-refractivity contribution in [2.45, 2.75) is 0 Å². The molecule has 4 heterocycles. The monoisotopic (exact) mass is 741 g/mol. The van der Waals surface area contributed by atoms with Crippen LogP contribution in [0.4, 0.5) is 0 Å². The van der Waals surface area contributed by atoms with Gasteiger partial charge in [-0.25, -0.2) is 0 Å². The zero-order valence-electron chi connectivity index (χ0n) is 31.1. The van der Waals surface area contributed by atoms with Crippen molar-refractivity contribution in [2.75, 3.05) is 0 Å². The van der Waals surface area contributed by atoms with Gasteiger partial charge in [0.1, 0.15) is 22.3 Å². The predicted molar refractivity (Wildman–Crippen MR) is 239 cm³/mol. The van der Waals surface area contributed by atoms with Gasteiger partial charge in [0.25, 0.3) is 0 Å². The third-order valence-electron chi connectivity index (χ3n) is 12.0. The minimum Gasteiger partial charge on any atom is -0.456 e. The molecule has 0 saturated heterocycles. The third kappa shape index (κ3) is 4.57. The van der Waals surface area contributed by atoms with E-state index in [2.05, 4.69) is 180 Å². The van der Waals surface area contributed by atoms with E-state index in [9.17, 15) is 0 Å². The molecule has 0 radical (unpaired) electrons. The number of rotatable bonds is 4. The van der Waals surface area contributed by atoms with E-state index in [4.69, 9.17) is 13.3 Å². The standard InChI is InChI=1S/C54H31NO3/c1-2-11-38(12-3-1)55-47-15-6-4-13-39(47)43-28-34(17-23-48(43)55)37-20-26-52-46(31-37)42-22-21-41-45-30-36(19-25-51(45)57-53(41)54(42)58-52)33-10-8-9-32(27-33)35-18-24-50-44(29-35)40-14-5-7-16-49(40)56-50/h1-31H. The van der Waals surface area contributed by atoms with Gasteiger partial charge in [0.2, 0.25) is 0 Å². The van der Waals surface area contributed by atoms with Crippen molar-refractivity contribution in [3.63, 3.8) is 0 Å². The summed E-state index contributed by atoms with van der Waals surface area (Å²) in [5, 5.41) is 8.95. The van der Waals surface area contributed by atoms with Gasteiger partial charge in [-0.1, -0.05) is 97.1 Å². The number of nitrogens with zero attached hydrogens (tertiary/aromatic N) is 1. The smallest absolute Gasteiger partial charge is 0.178 e. The lowest BCUT2D eigenvalue weighted by Crippen LogP contribution is -1.92. The van der Waals surface area contributed by atoms with Crippen molar-refractivity contribution in [1.82, 2.24) is 4.57 Å². The zero-order chi connectivity index (χ0) is 37.9.